The highest BCUT2D eigenvalue weighted by Crippen LogP contribution is 2.21. The Hall–Kier alpha value is -3.62. The molecule has 4 rings (SSSR count). The molecule has 166 valence electrons. The van der Waals surface area contributed by atoms with E-state index in [2.05, 4.69) is 20.7 Å². The van der Waals surface area contributed by atoms with Gasteiger partial charge in [-0.25, -0.2) is 4.39 Å². The fourth-order valence-electron chi connectivity index (χ4n) is 3.80. The van der Waals surface area contributed by atoms with Gasteiger partial charge in [0.05, 0.1) is 5.69 Å². The van der Waals surface area contributed by atoms with Crippen molar-refractivity contribution in [2.24, 2.45) is 0 Å². The van der Waals surface area contributed by atoms with Gasteiger partial charge in [0, 0.05) is 11.6 Å². The first-order valence-electron chi connectivity index (χ1n) is 10.7. The predicted octanol–water partition coefficient (Wildman–Crippen LogP) is 2.88. The van der Waals surface area contributed by atoms with E-state index < -0.39 is 11.7 Å². The number of hydrogen-bond donors (Lipinski definition) is 1. The highest BCUT2D eigenvalue weighted by atomic mass is 19.1. The van der Waals surface area contributed by atoms with Crippen LogP contribution in [0.2, 0.25) is 0 Å². The second kappa shape index (κ2) is 9.67. The third kappa shape index (κ3) is 5.16. The number of nitrogens with one attached hydrogen (secondary N) is 1. The Labute approximate surface area is 185 Å². The van der Waals surface area contributed by atoms with Crippen LogP contribution in [-0.4, -0.2) is 44.6 Å². The molecule has 0 spiro atoms. The van der Waals surface area contributed by atoms with E-state index in [9.17, 15) is 14.0 Å². The van der Waals surface area contributed by atoms with Crippen molar-refractivity contribution < 1.29 is 14.0 Å². The van der Waals surface area contributed by atoms with Gasteiger partial charge in [0.25, 0.3) is 5.91 Å². The van der Waals surface area contributed by atoms with Gasteiger partial charge in [0.15, 0.2) is 0 Å². The van der Waals surface area contributed by atoms with Crippen molar-refractivity contribution in [1.82, 2.24) is 25.5 Å². The Bertz CT molecular complexity index is 1090. The summed E-state index contributed by atoms with van der Waals surface area (Å²) in [5.74, 6) is -1.03. The molecule has 2 amide bonds. The summed E-state index contributed by atoms with van der Waals surface area (Å²) in [5.41, 5.74) is 1.92. The van der Waals surface area contributed by atoms with Crippen molar-refractivity contribution >= 4 is 17.5 Å². The van der Waals surface area contributed by atoms with E-state index in [1.54, 1.807) is 6.07 Å². The largest absolute Gasteiger partial charge is 0.352 e. The van der Waals surface area contributed by atoms with Crippen molar-refractivity contribution in [3.63, 3.8) is 0 Å². The molecule has 0 radical (unpaired) electrons. The molecule has 1 aromatic heterocycles. The number of amides is 2. The Morgan fingerprint density at radius 3 is 2.56 bits per heavy atom. The molecule has 1 saturated carbocycles. The van der Waals surface area contributed by atoms with Gasteiger partial charge in [-0.1, -0.05) is 54.8 Å². The Balaban J connectivity index is 1.50. The maximum atomic E-state index is 14.5. The van der Waals surface area contributed by atoms with Gasteiger partial charge in [-0.2, -0.15) is 4.80 Å². The summed E-state index contributed by atoms with van der Waals surface area (Å²) in [6.45, 7) is 1.42. The second-order valence-electron chi connectivity index (χ2n) is 7.99. The van der Waals surface area contributed by atoms with E-state index in [-0.39, 0.29) is 30.7 Å². The van der Waals surface area contributed by atoms with Crippen LogP contribution in [0.25, 0.3) is 11.4 Å². The van der Waals surface area contributed by atoms with Crippen LogP contribution in [0.3, 0.4) is 0 Å². The predicted molar refractivity (Wildman–Crippen MR) is 117 cm³/mol. The molecule has 1 aliphatic rings. The molecule has 0 saturated heterocycles. The van der Waals surface area contributed by atoms with E-state index >= 15 is 0 Å². The number of hydrogen-bond acceptors (Lipinski definition) is 5. The summed E-state index contributed by atoms with van der Waals surface area (Å²) in [4.78, 5) is 28.0. The van der Waals surface area contributed by atoms with Crippen LogP contribution in [0.15, 0.2) is 48.5 Å². The minimum Gasteiger partial charge on any atom is -0.352 e. The topological polar surface area (TPSA) is 93.0 Å². The van der Waals surface area contributed by atoms with E-state index in [4.69, 9.17) is 0 Å². The Kier molecular flexibility index (Phi) is 6.53. The molecule has 1 fully saturated rings. The maximum Gasteiger partial charge on any atom is 0.251 e. The van der Waals surface area contributed by atoms with E-state index in [1.165, 1.54) is 18.2 Å². The first-order valence-corrected chi connectivity index (χ1v) is 10.7. The molecule has 0 atom stereocenters. The second-order valence-corrected chi connectivity index (χ2v) is 7.99. The van der Waals surface area contributed by atoms with Crippen molar-refractivity contribution in [2.75, 3.05) is 11.4 Å². The molecule has 0 unspecified atom stereocenters. The van der Waals surface area contributed by atoms with Gasteiger partial charge in [-0.15, -0.1) is 10.2 Å². The molecule has 1 aliphatic carbocycles. The van der Waals surface area contributed by atoms with Gasteiger partial charge < -0.3 is 5.32 Å². The molecule has 1 heterocycles. The van der Waals surface area contributed by atoms with Crippen molar-refractivity contribution in [2.45, 2.75) is 45.2 Å². The molecular weight excluding hydrogens is 411 g/mol. The summed E-state index contributed by atoms with van der Waals surface area (Å²) < 4.78 is 14.5. The number of tetrazole rings is 1. The molecule has 1 N–H and O–H groups in total. The molecular formula is C23H25FN6O2. The quantitative estimate of drug-likeness (QED) is 0.615. The van der Waals surface area contributed by atoms with E-state index in [1.807, 2.05) is 31.2 Å². The van der Waals surface area contributed by atoms with Crippen LogP contribution < -0.4 is 10.2 Å². The van der Waals surface area contributed by atoms with Crippen molar-refractivity contribution in [3.8, 4) is 11.4 Å². The van der Waals surface area contributed by atoms with Gasteiger partial charge in [-0.3, -0.25) is 14.5 Å². The minimum absolute atomic E-state index is 0.0398. The van der Waals surface area contributed by atoms with E-state index in [0.717, 1.165) is 46.5 Å². The summed E-state index contributed by atoms with van der Waals surface area (Å²) >= 11 is 0. The number of carbonyl (C=O) groups excluding carboxylic acids is 2. The monoisotopic (exact) mass is 436 g/mol. The smallest absolute Gasteiger partial charge is 0.251 e. The van der Waals surface area contributed by atoms with Crippen molar-refractivity contribution in [1.29, 1.82) is 0 Å². The number of anilines is 1. The third-order valence-electron chi connectivity index (χ3n) is 5.51. The average Bonchev–Trinajstić information content (AvgIpc) is 3.45. The van der Waals surface area contributed by atoms with E-state index in [0.29, 0.717) is 5.82 Å². The Morgan fingerprint density at radius 2 is 1.84 bits per heavy atom. The van der Waals surface area contributed by atoms with Crippen LogP contribution in [0.5, 0.6) is 0 Å². The first kappa shape index (κ1) is 21.6. The molecule has 32 heavy (non-hydrogen) atoms. The Morgan fingerprint density at radius 1 is 1.12 bits per heavy atom. The average molecular weight is 436 g/mol. The zero-order valence-electron chi connectivity index (χ0n) is 17.9. The number of para-hydroxylation sites is 1. The van der Waals surface area contributed by atoms with Crippen LogP contribution in [-0.2, 0) is 16.1 Å². The summed E-state index contributed by atoms with van der Waals surface area (Å²) in [6.07, 6.45) is 3.98. The highest BCUT2D eigenvalue weighted by molar-refractivity contribution is 5.98. The third-order valence-corrected chi connectivity index (χ3v) is 5.51. The zero-order chi connectivity index (χ0) is 22.5. The molecule has 9 heteroatoms. The lowest BCUT2D eigenvalue weighted by molar-refractivity contribution is -0.124. The number of aromatic nitrogens is 4. The number of halogens is 1. The zero-order valence-corrected chi connectivity index (χ0v) is 17.9. The standard InChI is InChI=1S/C23H25FN6O2/c1-16-10-12-17(13-11-16)23-26-28-30(27-23)15-22(32)29(20-9-5-4-8-19(20)24)14-21(31)25-18-6-2-3-7-18/h4-5,8-13,18H,2-3,6-7,14-15H2,1H3,(H,25,31). The fourth-order valence-corrected chi connectivity index (χ4v) is 3.80. The normalized spacial score (nSPS) is 13.8. The molecule has 3 aromatic rings. The van der Waals surface area contributed by atoms with Crippen LogP contribution in [0, 0.1) is 12.7 Å². The first-order chi connectivity index (χ1) is 15.5. The summed E-state index contributed by atoms with van der Waals surface area (Å²) in [6, 6.07) is 13.6. The number of benzene rings is 2. The molecule has 8 nitrogen and oxygen atoms in total. The van der Waals surface area contributed by atoms with Gasteiger partial charge >= 0.3 is 0 Å². The lowest BCUT2D eigenvalue weighted by Gasteiger charge is -2.23. The summed E-state index contributed by atoms with van der Waals surface area (Å²) in [7, 11) is 0. The number of carbonyl (C=O) groups is 2. The van der Waals surface area contributed by atoms with Crippen LogP contribution >= 0.6 is 0 Å². The minimum atomic E-state index is -0.582. The number of nitrogens with zero attached hydrogens (tertiary/aromatic N) is 5. The molecule has 2 aromatic carbocycles. The van der Waals surface area contributed by atoms with Gasteiger partial charge in [-0.05, 0) is 37.1 Å². The van der Waals surface area contributed by atoms with Gasteiger partial charge in [0.2, 0.25) is 11.7 Å². The van der Waals surface area contributed by atoms with Crippen LogP contribution in [0.1, 0.15) is 31.2 Å². The summed E-state index contributed by atoms with van der Waals surface area (Å²) in [5, 5.41) is 15.2. The van der Waals surface area contributed by atoms with Crippen LogP contribution in [0.4, 0.5) is 10.1 Å². The maximum absolute atomic E-state index is 14.5. The highest BCUT2D eigenvalue weighted by Gasteiger charge is 2.25. The fraction of sp³-hybridized carbons (Fsp3) is 0.348. The SMILES string of the molecule is Cc1ccc(-c2nnn(CC(=O)N(CC(=O)NC3CCCC3)c3ccccc3F)n2)cc1. The lowest BCUT2D eigenvalue weighted by Crippen LogP contribution is -2.45. The lowest BCUT2D eigenvalue weighted by atomic mass is 10.1. The van der Waals surface area contributed by atoms with Crippen molar-refractivity contribution in [3.05, 3.63) is 59.9 Å². The molecule has 0 bridgehead atoms. The number of aryl methyl sites for hydroxylation is 1. The van der Waals surface area contributed by atoms with Gasteiger partial charge in [0.1, 0.15) is 18.9 Å². The molecule has 0 aliphatic heterocycles. The number of rotatable bonds is 7.